The van der Waals surface area contributed by atoms with Gasteiger partial charge < -0.3 is 24.8 Å². The number of amides is 1. The van der Waals surface area contributed by atoms with Crippen LogP contribution in [0.4, 0.5) is 0 Å². The fourth-order valence-electron chi connectivity index (χ4n) is 2.70. The molecule has 9 heteroatoms. The van der Waals surface area contributed by atoms with Crippen molar-refractivity contribution < 1.29 is 28.6 Å². The van der Waals surface area contributed by atoms with Gasteiger partial charge >= 0.3 is 11.9 Å². The van der Waals surface area contributed by atoms with Crippen LogP contribution in [0.3, 0.4) is 0 Å². The maximum absolute atomic E-state index is 12.7. The highest BCUT2D eigenvalue weighted by atomic mass is 32.2. The topological polar surface area (TPSA) is 108 Å². The molecule has 1 amide bonds. The van der Waals surface area contributed by atoms with Crippen LogP contribution in [-0.4, -0.2) is 66.5 Å². The van der Waals surface area contributed by atoms with Gasteiger partial charge in [-0.05, 0) is 20.8 Å². The quantitative estimate of drug-likeness (QED) is 0.417. The molecule has 142 valence electrons. The van der Waals surface area contributed by atoms with Gasteiger partial charge in [0.15, 0.2) is 0 Å². The molecule has 0 aromatic carbocycles. The van der Waals surface area contributed by atoms with Gasteiger partial charge in [-0.3, -0.25) is 14.4 Å². The number of carbonyl (C=O) groups excluding carboxylic acids is 3. The van der Waals surface area contributed by atoms with Gasteiger partial charge in [-0.2, -0.15) is 0 Å². The number of rotatable bonds is 5. The Hall–Kier alpha value is -1.32. The zero-order valence-electron chi connectivity index (χ0n) is 15.2. The summed E-state index contributed by atoms with van der Waals surface area (Å²) in [7, 11) is 1.48. The molecule has 2 aliphatic heterocycles. The Morgan fingerprint density at radius 2 is 2.04 bits per heavy atom. The minimum atomic E-state index is -1.02. The molecule has 4 atom stereocenters. The van der Waals surface area contributed by atoms with Gasteiger partial charge in [0, 0.05) is 26.3 Å². The van der Waals surface area contributed by atoms with Crippen molar-refractivity contribution in [3.8, 4) is 0 Å². The summed E-state index contributed by atoms with van der Waals surface area (Å²) in [6, 6.07) is -0.520. The molecule has 8 nitrogen and oxygen atoms in total. The third kappa shape index (κ3) is 3.93. The van der Waals surface area contributed by atoms with Crippen LogP contribution in [0.5, 0.6) is 0 Å². The van der Waals surface area contributed by atoms with E-state index in [1.807, 2.05) is 0 Å². The predicted octanol–water partition coefficient (Wildman–Crippen LogP) is 0.340. The van der Waals surface area contributed by atoms with E-state index in [-0.39, 0.29) is 24.4 Å². The van der Waals surface area contributed by atoms with Gasteiger partial charge in [-0.15, -0.1) is 11.8 Å². The molecular weight excluding hydrogens is 348 g/mol. The summed E-state index contributed by atoms with van der Waals surface area (Å²) in [4.78, 5) is 38.1. The van der Waals surface area contributed by atoms with E-state index in [0.29, 0.717) is 5.75 Å². The standard InChI is InChI=1S/C16H26N2O6S/c1-9(23-13(20)15(2,3)4)24-14(21)16(7-22-5)6-18-11(19)10(17)12(18)25-8-16/h9-10,12H,6-8,17H2,1-5H3/t9?,10?,12-,16?/m1/s1. The largest absolute Gasteiger partial charge is 0.425 e. The molecular formula is C16H26N2O6S. The highest BCUT2D eigenvalue weighted by molar-refractivity contribution is 8.00. The smallest absolute Gasteiger partial charge is 0.320 e. The monoisotopic (exact) mass is 374 g/mol. The molecule has 2 saturated heterocycles. The fraction of sp³-hybridized carbons (Fsp3) is 0.812. The van der Waals surface area contributed by atoms with Crippen LogP contribution < -0.4 is 5.73 Å². The minimum Gasteiger partial charge on any atom is -0.425 e. The highest BCUT2D eigenvalue weighted by Crippen LogP contribution is 2.42. The predicted molar refractivity (Wildman–Crippen MR) is 91.3 cm³/mol. The molecule has 0 radical (unpaired) electrons. The van der Waals surface area contributed by atoms with Gasteiger partial charge in [-0.25, -0.2) is 0 Å². The Kier molecular flexibility index (Phi) is 5.70. The summed E-state index contributed by atoms with van der Waals surface area (Å²) in [6.07, 6.45) is -1.02. The second kappa shape index (κ2) is 7.13. The van der Waals surface area contributed by atoms with Crippen molar-refractivity contribution in [2.75, 3.05) is 26.0 Å². The van der Waals surface area contributed by atoms with Crippen LogP contribution in [0, 0.1) is 10.8 Å². The Morgan fingerprint density at radius 3 is 2.60 bits per heavy atom. The number of carbonyl (C=O) groups is 3. The summed E-state index contributed by atoms with van der Waals surface area (Å²) >= 11 is 1.44. The zero-order chi connectivity index (χ0) is 19.0. The van der Waals surface area contributed by atoms with Gasteiger partial charge in [-0.1, -0.05) is 0 Å². The average molecular weight is 374 g/mol. The van der Waals surface area contributed by atoms with E-state index in [4.69, 9.17) is 19.9 Å². The van der Waals surface area contributed by atoms with Crippen molar-refractivity contribution >= 4 is 29.6 Å². The third-order valence-electron chi connectivity index (χ3n) is 4.20. The van der Waals surface area contributed by atoms with Crippen LogP contribution in [0.1, 0.15) is 27.7 Å². The lowest BCUT2D eigenvalue weighted by molar-refractivity contribution is -0.199. The van der Waals surface area contributed by atoms with Crippen LogP contribution in [-0.2, 0) is 28.6 Å². The normalized spacial score (nSPS) is 30.2. The molecule has 0 aromatic heterocycles. The van der Waals surface area contributed by atoms with E-state index < -0.39 is 35.1 Å². The summed E-state index contributed by atoms with van der Waals surface area (Å²) < 4.78 is 15.7. The first-order valence-electron chi connectivity index (χ1n) is 8.10. The molecule has 2 aliphatic rings. The Bertz CT molecular complexity index is 563. The number of hydrogen-bond donors (Lipinski definition) is 1. The lowest BCUT2D eigenvalue weighted by atomic mass is 9.88. The molecule has 2 N–H and O–H groups in total. The van der Waals surface area contributed by atoms with E-state index in [1.165, 1.54) is 25.8 Å². The number of ether oxygens (including phenoxy) is 3. The molecule has 2 rings (SSSR count). The first-order chi connectivity index (χ1) is 11.5. The molecule has 0 bridgehead atoms. The second-order valence-electron chi connectivity index (χ2n) is 7.54. The molecule has 0 aromatic rings. The van der Waals surface area contributed by atoms with Gasteiger partial charge in [0.25, 0.3) is 0 Å². The Labute approximate surface area is 151 Å². The van der Waals surface area contributed by atoms with E-state index in [0.717, 1.165) is 0 Å². The first-order valence-corrected chi connectivity index (χ1v) is 9.15. The van der Waals surface area contributed by atoms with Crippen molar-refractivity contribution in [3.63, 3.8) is 0 Å². The summed E-state index contributed by atoms with van der Waals surface area (Å²) in [5.74, 6) is -0.780. The lowest BCUT2D eigenvalue weighted by Crippen LogP contribution is -2.72. The fourth-order valence-corrected chi connectivity index (χ4v) is 4.17. The number of methoxy groups -OCH3 is 1. The van der Waals surface area contributed by atoms with Crippen molar-refractivity contribution in [3.05, 3.63) is 0 Å². The number of fused-ring (bicyclic) bond motifs is 1. The van der Waals surface area contributed by atoms with E-state index in [9.17, 15) is 14.4 Å². The van der Waals surface area contributed by atoms with Crippen molar-refractivity contribution in [1.82, 2.24) is 4.90 Å². The van der Waals surface area contributed by atoms with Crippen molar-refractivity contribution in [2.24, 2.45) is 16.6 Å². The van der Waals surface area contributed by atoms with Crippen LogP contribution >= 0.6 is 11.8 Å². The van der Waals surface area contributed by atoms with Crippen LogP contribution in [0.15, 0.2) is 0 Å². The number of hydrogen-bond acceptors (Lipinski definition) is 8. The summed E-state index contributed by atoms with van der Waals surface area (Å²) in [6.45, 7) is 6.92. The summed E-state index contributed by atoms with van der Waals surface area (Å²) in [5, 5.41) is -0.110. The third-order valence-corrected chi connectivity index (χ3v) is 5.81. The maximum Gasteiger partial charge on any atom is 0.320 e. The molecule has 0 saturated carbocycles. The molecule has 0 spiro atoms. The number of nitrogens with zero attached hydrogens (tertiary/aromatic N) is 1. The number of thioether (sulfide) groups is 1. The van der Waals surface area contributed by atoms with Crippen LogP contribution in [0.2, 0.25) is 0 Å². The maximum atomic E-state index is 12.7. The molecule has 2 fully saturated rings. The molecule has 2 heterocycles. The SMILES string of the molecule is COCC1(C(=O)OC(C)OC(=O)C(C)(C)C)CS[C@@H]2C(N)C(=O)N2C1. The molecule has 25 heavy (non-hydrogen) atoms. The molecule has 3 unspecified atom stereocenters. The number of esters is 2. The number of β-lactam (4-membered cyclic amide) rings is 1. The van der Waals surface area contributed by atoms with E-state index in [2.05, 4.69) is 0 Å². The lowest BCUT2D eigenvalue weighted by Gasteiger charge is -2.52. The minimum absolute atomic E-state index is 0.102. The van der Waals surface area contributed by atoms with Crippen LogP contribution in [0.25, 0.3) is 0 Å². The van der Waals surface area contributed by atoms with Gasteiger partial charge in [0.05, 0.1) is 12.0 Å². The zero-order valence-corrected chi connectivity index (χ0v) is 16.1. The van der Waals surface area contributed by atoms with Gasteiger partial charge in [0.2, 0.25) is 12.2 Å². The van der Waals surface area contributed by atoms with Gasteiger partial charge in [0.1, 0.15) is 16.8 Å². The Balaban J connectivity index is 2.03. The highest BCUT2D eigenvalue weighted by Gasteiger charge is 2.56. The number of nitrogens with two attached hydrogens (primary N) is 1. The van der Waals surface area contributed by atoms with Crippen molar-refractivity contribution in [2.45, 2.75) is 45.4 Å². The Morgan fingerprint density at radius 1 is 1.40 bits per heavy atom. The summed E-state index contributed by atoms with van der Waals surface area (Å²) in [5.41, 5.74) is 4.07. The molecule has 0 aliphatic carbocycles. The van der Waals surface area contributed by atoms with E-state index in [1.54, 1.807) is 25.7 Å². The first kappa shape index (κ1) is 20.0. The average Bonchev–Trinajstić information content (AvgIpc) is 2.53. The second-order valence-corrected chi connectivity index (χ2v) is 8.64. The van der Waals surface area contributed by atoms with Crippen molar-refractivity contribution in [1.29, 1.82) is 0 Å². The van der Waals surface area contributed by atoms with E-state index >= 15 is 0 Å².